The molecule has 0 fully saturated rings. The SMILES string of the molecule is CCC(C)NC(=O)CNc1cccc(C(=O)NC)c1. The molecule has 104 valence electrons. The Hall–Kier alpha value is -2.04. The summed E-state index contributed by atoms with van der Waals surface area (Å²) in [5, 5.41) is 8.43. The molecule has 0 saturated heterocycles. The van der Waals surface area contributed by atoms with Gasteiger partial charge in [0.1, 0.15) is 0 Å². The first kappa shape index (κ1) is 15.0. The molecule has 0 aromatic heterocycles. The summed E-state index contributed by atoms with van der Waals surface area (Å²) in [4.78, 5) is 23.1. The van der Waals surface area contributed by atoms with Crippen molar-refractivity contribution in [2.75, 3.05) is 18.9 Å². The molecule has 19 heavy (non-hydrogen) atoms. The molecule has 0 saturated carbocycles. The Bertz CT molecular complexity index is 446. The normalized spacial score (nSPS) is 11.5. The fourth-order valence-electron chi connectivity index (χ4n) is 1.52. The first-order valence-electron chi connectivity index (χ1n) is 6.42. The summed E-state index contributed by atoms with van der Waals surface area (Å²) in [6.07, 6.45) is 0.901. The minimum absolute atomic E-state index is 0.0558. The van der Waals surface area contributed by atoms with Crippen molar-refractivity contribution < 1.29 is 9.59 Å². The highest BCUT2D eigenvalue weighted by molar-refractivity contribution is 5.95. The molecule has 1 aromatic rings. The third kappa shape index (κ3) is 4.99. The van der Waals surface area contributed by atoms with Crippen molar-refractivity contribution in [2.45, 2.75) is 26.3 Å². The van der Waals surface area contributed by atoms with E-state index in [0.717, 1.165) is 12.1 Å². The zero-order valence-corrected chi connectivity index (χ0v) is 11.6. The highest BCUT2D eigenvalue weighted by Gasteiger charge is 2.06. The Balaban J connectivity index is 2.54. The molecule has 0 radical (unpaired) electrons. The van der Waals surface area contributed by atoms with Gasteiger partial charge in [0.25, 0.3) is 5.91 Å². The van der Waals surface area contributed by atoms with Gasteiger partial charge >= 0.3 is 0 Å². The number of benzene rings is 1. The van der Waals surface area contributed by atoms with Gasteiger partial charge in [0.2, 0.25) is 5.91 Å². The zero-order chi connectivity index (χ0) is 14.3. The first-order valence-corrected chi connectivity index (χ1v) is 6.42. The van der Waals surface area contributed by atoms with Crippen LogP contribution >= 0.6 is 0 Å². The summed E-state index contributed by atoms with van der Waals surface area (Å²) in [5.41, 5.74) is 1.32. The van der Waals surface area contributed by atoms with Crippen molar-refractivity contribution in [3.8, 4) is 0 Å². The molecular weight excluding hydrogens is 242 g/mol. The van der Waals surface area contributed by atoms with E-state index in [1.807, 2.05) is 19.9 Å². The molecule has 0 spiro atoms. The summed E-state index contributed by atoms with van der Waals surface area (Å²) < 4.78 is 0. The summed E-state index contributed by atoms with van der Waals surface area (Å²) >= 11 is 0. The average Bonchev–Trinajstić information content (AvgIpc) is 2.44. The molecule has 5 heteroatoms. The van der Waals surface area contributed by atoms with E-state index in [-0.39, 0.29) is 24.4 Å². The molecule has 1 unspecified atom stereocenters. The summed E-state index contributed by atoms with van der Waals surface area (Å²) in [6.45, 7) is 4.18. The molecule has 0 aliphatic heterocycles. The molecule has 5 nitrogen and oxygen atoms in total. The maximum atomic E-state index is 11.6. The average molecular weight is 263 g/mol. The summed E-state index contributed by atoms with van der Waals surface area (Å²) in [7, 11) is 1.59. The van der Waals surface area contributed by atoms with Crippen LogP contribution in [0.4, 0.5) is 5.69 Å². The van der Waals surface area contributed by atoms with E-state index in [1.54, 1.807) is 25.2 Å². The second kappa shape index (κ2) is 7.41. The quantitative estimate of drug-likeness (QED) is 0.726. The van der Waals surface area contributed by atoms with Gasteiger partial charge in [-0.1, -0.05) is 13.0 Å². The van der Waals surface area contributed by atoms with E-state index in [4.69, 9.17) is 0 Å². The molecule has 0 aliphatic carbocycles. The lowest BCUT2D eigenvalue weighted by molar-refractivity contribution is -0.120. The predicted octanol–water partition coefficient (Wildman–Crippen LogP) is 1.37. The first-order chi connectivity index (χ1) is 9.06. The summed E-state index contributed by atoms with van der Waals surface area (Å²) in [6, 6.07) is 7.22. The van der Waals surface area contributed by atoms with Crippen molar-refractivity contribution >= 4 is 17.5 Å². The van der Waals surface area contributed by atoms with Crippen LogP contribution in [0.5, 0.6) is 0 Å². The van der Waals surface area contributed by atoms with Crippen LogP contribution in [-0.2, 0) is 4.79 Å². The van der Waals surface area contributed by atoms with E-state index >= 15 is 0 Å². The van der Waals surface area contributed by atoms with Crippen LogP contribution in [0.25, 0.3) is 0 Å². The largest absolute Gasteiger partial charge is 0.376 e. The van der Waals surface area contributed by atoms with Crippen LogP contribution in [0.1, 0.15) is 30.6 Å². The lowest BCUT2D eigenvalue weighted by Crippen LogP contribution is -2.36. The number of carbonyl (C=O) groups excluding carboxylic acids is 2. The lowest BCUT2D eigenvalue weighted by atomic mass is 10.2. The molecule has 1 rings (SSSR count). The monoisotopic (exact) mass is 263 g/mol. The van der Waals surface area contributed by atoms with Crippen LogP contribution in [0, 0.1) is 0 Å². The van der Waals surface area contributed by atoms with Crippen molar-refractivity contribution in [2.24, 2.45) is 0 Å². The molecular formula is C14H21N3O2. The van der Waals surface area contributed by atoms with Gasteiger partial charge in [-0.3, -0.25) is 9.59 Å². The van der Waals surface area contributed by atoms with E-state index in [2.05, 4.69) is 16.0 Å². The number of hydrogen-bond donors (Lipinski definition) is 3. The van der Waals surface area contributed by atoms with E-state index in [1.165, 1.54) is 0 Å². The molecule has 0 bridgehead atoms. The van der Waals surface area contributed by atoms with Crippen LogP contribution in [-0.4, -0.2) is 31.4 Å². The van der Waals surface area contributed by atoms with Gasteiger partial charge in [-0.15, -0.1) is 0 Å². The molecule has 1 atom stereocenters. The van der Waals surface area contributed by atoms with Crippen LogP contribution in [0.2, 0.25) is 0 Å². The second-order valence-electron chi connectivity index (χ2n) is 4.39. The van der Waals surface area contributed by atoms with Crippen molar-refractivity contribution in [3.05, 3.63) is 29.8 Å². The summed E-state index contributed by atoms with van der Waals surface area (Å²) in [5.74, 6) is -0.201. The van der Waals surface area contributed by atoms with Gasteiger partial charge in [0.15, 0.2) is 0 Å². The van der Waals surface area contributed by atoms with E-state index in [9.17, 15) is 9.59 Å². The topological polar surface area (TPSA) is 70.2 Å². The lowest BCUT2D eigenvalue weighted by Gasteiger charge is -2.12. The minimum Gasteiger partial charge on any atom is -0.376 e. The van der Waals surface area contributed by atoms with E-state index in [0.29, 0.717) is 5.56 Å². The van der Waals surface area contributed by atoms with Gasteiger partial charge in [0.05, 0.1) is 6.54 Å². The third-order valence-corrected chi connectivity index (χ3v) is 2.82. The smallest absolute Gasteiger partial charge is 0.251 e. The molecule has 0 aliphatic rings. The van der Waals surface area contributed by atoms with Gasteiger partial charge in [-0.2, -0.15) is 0 Å². The zero-order valence-electron chi connectivity index (χ0n) is 11.6. The maximum Gasteiger partial charge on any atom is 0.251 e. The molecule has 0 heterocycles. The number of hydrogen-bond acceptors (Lipinski definition) is 3. The fourth-order valence-corrected chi connectivity index (χ4v) is 1.52. The highest BCUT2D eigenvalue weighted by atomic mass is 16.2. The number of anilines is 1. The maximum absolute atomic E-state index is 11.6. The Kier molecular flexibility index (Phi) is 5.85. The molecule has 1 aromatic carbocycles. The fraction of sp³-hybridized carbons (Fsp3) is 0.429. The van der Waals surface area contributed by atoms with Crippen LogP contribution < -0.4 is 16.0 Å². The molecule has 3 N–H and O–H groups in total. The Morgan fingerprint density at radius 2 is 2.05 bits per heavy atom. The highest BCUT2D eigenvalue weighted by Crippen LogP contribution is 2.10. The van der Waals surface area contributed by atoms with Crippen molar-refractivity contribution in [1.82, 2.24) is 10.6 Å². The minimum atomic E-state index is -0.146. The van der Waals surface area contributed by atoms with Gasteiger partial charge in [0, 0.05) is 24.3 Å². The van der Waals surface area contributed by atoms with Gasteiger partial charge in [-0.05, 0) is 31.5 Å². The Morgan fingerprint density at radius 3 is 2.68 bits per heavy atom. The van der Waals surface area contributed by atoms with Crippen molar-refractivity contribution in [3.63, 3.8) is 0 Å². The third-order valence-electron chi connectivity index (χ3n) is 2.82. The number of nitrogens with one attached hydrogen (secondary N) is 3. The molecule has 2 amide bonds. The van der Waals surface area contributed by atoms with Crippen LogP contribution in [0.3, 0.4) is 0 Å². The van der Waals surface area contributed by atoms with E-state index < -0.39 is 0 Å². The number of rotatable bonds is 6. The Morgan fingerprint density at radius 1 is 1.32 bits per heavy atom. The van der Waals surface area contributed by atoms with Crippen molar-refractivity contribution in [1.29, 1.82) is 0 Å². The van der Waals surface area contributed by atoms with Gasteiger partial charge in [-0.25, -0.2) is 0 Å². The Labute approximate surface area is 113 Å². The number of amides is 2. The predicted molar refractivity (Wildman–Crippen MR) is 76.2 cm³/mol. The number of carbonyl (C=O) groups is 2. The van der Waals surface area contributed by atoms with Crippen LogP contribution in [0.15, 0.2) is 24.3 Å². The second-order valence-corrected chi connectivity index (χ2v) is 4.39. The van der Waals surface area contributed by atoms with Gasteiger partial charge < -0.3 is 16.0 Å². The standard InChI is InChI=1S/C14H21N3O2/c1-4-10(2)17-13(18)9-16-12-7-5-6-11(8-12)14(19)15-3/h5-8,10,16H,4,9H2,1-3H3,(H,15,19)(H,17,18).